The third kappa shape index (κ3) is 6.45. The zero-order valence-corrected chi connectivity index (χ0v) is 19.4. The lowest BCUT2D eigenvalue weighted by atomic mass is 9.86. The van der Waals surface area contributed by atoms with Crippen molar-refractivity contribution in [2.75, 3.05) is 13.1 Å². The number of unbranched alkanes of at least 4 members (excludes halogenated alkanes) is 1. The fourth-order valence-electron chi connectivity index (χ4n) is 3.65. The van der Waals surface area contributed by atoms with E-state index in [-0.39, 0.29) is 17.4 Å². The molecule has 4 nitrogen and oxygen atoms in total. The molecule has 0 fully saturated rings. The molecule has 160 valence electrons. The molecule has 0 aliphatic heterocycles. The highest BCUT2D eigenvalue weighted by Gasteiger charge is 2.21. The summed E-state index contributed by atoms with van der Waals surface area (Å²) in [6.45, 7) is 16.8. The quantitative estimate of drug-likeness (QED) is 0.528. The Morgan fingerprint density at radius 1 is 1.14 bits per heavy atom. The summed E-state index contributed by atoms with van der Waals surface area (Å²) in [5.41, 5.74) is 2.86. The third-order valence-corrected chi connectivity index (χ3v) is 5.38. The normalized spacial score (nSPS) is 13.0. The standard InChI is InChI=1S/C25H39N3O/c1-8-9-15-27(24(29)28-16-14-26-23(28)19(2)3)18-20(4)17-21-10-12-22(13-11-21)25(5,6)7/h10-14,16,19-20H,8-9,15,17-18H2,1-7H3. The van der Waals surface area contributed by atoms with Crippen molar-refractivity contribution in [2.24, 2.45) is 5.92 Å². The molecule has 1 amide bonds. The summed E-state index contributed by atoms with van der Waals surface area (Å²) in [4.78, 5) is 19.6. The highest BCUT2D eigenvalue weighted by Crippen LogP contribution is 2.23. The van der Waals surface area contributed by atoms with Crippen LogP contribution in [-0.4, -0.2) is 33.6 Å². The van der Waals surface area contributed by atoms with Crippen LogP contribution in [0.3, 0.4) is 0 Å². The molecule has 0 saturated heterocycles. The number of amides is 1. The second kappa shape index (κ2) is 10.1. The number of nitrogens with zero attached hydrogens (tertiary/aromatic N) is 3. The minimum absolute atomic E-state index is 0.0505. The van der Waals surface area contributed by atoms with E-state index in [0.717, 1.165) is 38.2 Å². The van der Waals surface area contributed by atoms with Gasteiger partial charge >= 0.3 is 6.03 Å². The smallest absolute Gasteiger partial charge is 0.324 e. The maximum atomic E-state index is 13.2. The highest BCUT2D eigenvalue weighted by molar-refractivity contribution is 5.77. The molecule has 1 heterocycles. The van der Waals surface area contributed by atoms with Gasteiger partial charge in [-0.05, 0) is 35.3 Å². The Morgan fingerprint density at radius 3 is 2.34 bits per heavy atom. The molecule has 0 spiro atoms. The SMILES string of the molecule is CCCCN(CC(C)Cc1ccc(C(C)(C)C)cc1)C(=O)n1ccnc1C(C)C. The summed E-state index contributed by atoms with van der Waals surface area (Å²) in [6.07, 6.45) is 6.59. The molecule has 4 heteroatoms. The van der Waals surface area contributed by atoms with Crippen molar-refractivity contribution < 1.29 is 4.79 Å². The molecule has 0 saturated carbocycles. The predicted molar refractivity (Wildman–Crippen MR) is 122 cm³/mol. The van der Waals surface area contributed by atoms with Crippen molar-refractivity contribution in [1.29, 1.82) is 0 Å². The van der Waals surface area contributed by atoms with Crippen LogP contribution in [0.25, 0.3) is 0 Å². The lowest BCUT2D eigenvalue weighted by Crippen LogP contribution is -2.39. The van der Waals surface area contributed by atoms with Gasteiger partial charge in [-0.2, -0.15) is 0 Å². The fourth-order valence-corrected chi connectivity index (χ4v) is 3.65. The topological polar surface area (TPSA) is 38.1 Å². The Kier molecular flexibility index (Phi) is 8.06. The van der Waals surface area contributed by atoms with Crippen molar-refractivity contribution in [3.8, 4) is 0 Å². The number of rotatable bonds is 8. The number of aromatic nitrogens is 2. The number of benzene rings is 1. The number of imidazole rings is 1. The largest absolute Gasteiger partial charge is 0.329 e. The zero-order valence-electron chi connectivity index (χ0n) is 19.4. The van der Waals surface area contributed by atoms with Crippen LogP contribution in [0.1, 0.15) is 84.2 Å². The van der Waals surface area contributed by atoms with Crippen molar-refractivity contribution in [3.05, 3.63) is 53.6 Å². The second-order valence-corrected chi connectivity index (χ2v) is 9.65. The summed E-state index contributed by atoms with van der Waals surface area (Å²) in [7, 11) is 0. The van der Waals surface area contributed by atoms with Crippen molar-refractivity contribution in [1.82, 2.24) is 14.5 Å². The van der Waals surface area contributed by atoms with Crippen LogP contribution in [0.4, 0.5) is 4.79 Å². The van der Waals surface area contributed by atoms with E-state index in [1.807, 2.05) is 4.90 Å². The van der Waals surface area contributed by atoms with Gasteiger partial charge < -0.3 is 4.90 Å². The Hall–Kier alpha value is -2.10. The van der Waals surface area contributed by atoms with Crippen LogP contribution in [0.15, 0.2) is 36.7 Å². The molecule has 0 N–H and O–H groups in total. The minimum atomic E-state index is 0.0505. The molecule has 1 aromatic carbocycles. The lowest BCUT2D eigenvalue weighted by Gasteiger charge is -2.27. The molecule has 1 unspecified atom stereocenters. The molecular weight excluding hydrogens is 358 g/mol. The van der Waals surface area contributed by atoms with Crippen molar-refractivity contribution >= 4 is 6.03 Å². The number of hydrogen-bond donors (Lipinski definition) is 0. The van der Waals surface area contributed by atoms with E-state index in [0.29, 0.717) is 5.92 Å². The number of hydrogen-bond acceptors (Lipinski definition) is 2. The first-order valence-electron chi connectivity index (χ1n) is 11.0. The molecule has 1 aromatic heterocycles. The number of carbonyl (C=O) groups is 1. The first-order chi connectivity index (χ1) is 13.6. The van der Waals surface area contributed by atoms with Gasteiger partial charge in [0.25, 0.3) is 0 Å². The second-order valence-electron chi connectivity index (χ2n) is 9.65. The Bertz CT molecular complexity index is 768. The Morgan fingerprint density at radius 2 is 1.79 bits per heavy atom. The molecular formula is C25H39N3O. The van der Waals surface area contributed by atoms with Gasteiger partial charge in [0.05, 0.1) is 0 Å². The van der Waals surface area contributed by atoms with Gasteiger partial charge in [-0.25, -0.2) is 9.78 Å². The molecule has 0 aliphatic carbocycles. The molecule has 2 aromatic rings. The van der Waals surface area contributed by atoms with Gasteiger partial charge in [-0.1, -0.05) is 79.2 Å². The van der Waals surface area contributed by atoms with Crippen LogP contribution in [-0.2, 0) is 11.8 Å². The van der Waals surface area contributed by atoms with E-state index >= 15 is 0 Å². The maximum Gasteiger partial charge on any atom is 0.329 e. The monoisotopic (exact) mass is 397 g/mol. The fraction of sp³-hybridized carbons (Fsp3) is 0.600. The van der Waals surface area contributed by atoms with Crippen molar-refractivity contribution in [2.45, 2.75) is 79.1 Å². The van der Waals surface area contributed by atoms with Gasteiger partial charge in [0.1, 0.15) is 5.82 Å². The van der Waals surface area contributed by atoms with Gasteiger partial charge in [0.15, 0.2) is 0 Å². The molecule has 1 atom stereocenters. The summed E-state index contributed by atoms with van der Waals surface area (Å²) in [5.74, 6) is 1.45. The first kappa shape index (κ1) is 23.2. The number of carbonyl (C=O) groups excluding carboxylic acids is 1. The van der Waals surface area contributed by atoms with Gasteiger partial charge in [-0.15, -0.1) is 0 Å². The molecule has 0 aliphatic rings. The average molecular weight is 398 g/mol. The van der Waals surface area contributed by atoms with Crippen LogP contribution in [0.5, 0.6) is 0 Å². The van der Waals surface area contributed by atoms with Gasteiger partial charge in [0.2, 0.25) is 0 Å². The van der Waals surface area contributed by atoms with Gasteiger partial charge in [-0.3, -0.25) is 4.57 Å². The Labute approximate surface area is 177 Å². The van der Waals surface area contributed by atoms with Crippen LogP contribution < -0.4 is 0 Å². The van der Waals surface area contributed by atoms with E-state index < -0.39 is 0 Å². The van der Waals surface area contributed by atoms with Crippen LogP contribution >= 0.6 is 0 Å². The molecule has 29 heavy (non-hydrogen) atoms. The van der Waals surface area contributed by atoms with E-state index in [2.05, 4.69) is 77.7 Å². The highest BCUT2D eigenvalue weighted by atomic mass is 16.2. The van der Waals surface area contributed by atoms with Crippen molar-refractivity contribution in [3.63, 3.8) is 0 Å². The third-order valence-electron chi connectivity index (χ3n) is 5.38. The van der Waals surface area contributed by atoms with E-state index in [4.69, 9.17) is 0 Å². The first-order valence-corrected chi connectivity index (χ1v) is 11.0. The van der Waals surface area contributed by atoms with E-state index in [1.165, 1.54) is 11.1 Å². The summed E-state index contributed by atoms with van der Waals surface area (Å²) >= 11 is 0. The van der Waals surface area contributed by atoms with Gasteiger partial charge in [0, 0.05) is 31.4 Å². The van der Waals surface area contributed by atoms with E-state index in [1.54, 1.807) is 17.0 Å². The zero-order chi connectivity index (χ0) is 21.6. The van der Waals surface area contributed by atoms with Crippen LogP contribution in [0.2, 0.25) is 0 Å². The average Bonchev–Trinajstić information content (AvgIpc) is 3.14. The Balaban J connectivity index is 2.08. The van der Waals surface area contributed by atoms with E-state index in [9.17, 15) is 4.79 Å². The predicted octanol–water partition coefficient (Wildman–Crippen LogP) is 6.25. The van der Waals surface area contributed by atoms with Crippen LogP contribution in [0, 0.1) is 5.92 Å². The summed E-state index contributed by atoms with van der Waals surface area (Å²) < 4.78 is 1.73. The molecule has 0 radical (unpaired) electrons. The summed E-state index contributed by atoms with van der Waals surface area (Å²) in [5, 5.41) is 0. The summed E-state index contributed by atoms with van der Waals surface area (Å²) in [6, 6.07) is 9.00. The lowest BCUT2D eigenvalue weighted by molar-refractivity contribution is 0.188. The molecule has 2 rings (SSSR count). The maximum absolute atomic E-state index is 13.2. The minimum Gasteiger partial charge on any atom is -0.324 e. The molecule has 0 bridgehead atoms.